The maximum absolute atomic E-state index is 13.4. The number of aryl methyl sites for hydroxylation is 1. The largest absolute Gasteiger partial charge is 0.372 e. The van der Waals surface area contributed by atoms with Crippen LogP contribution < -0.4 is 31.1 Å². The molecule has 9 rings (SSSR count). The van der Waals surface area contributed by atoms with Crippen molar-refractivity contribution in [3.63, 3.8) is 0 Å². The minimum atomic E-state index is -0.973. The quantitative estimate of drug-likeness (QED) is 0.102. The summed E-state index contributed by atoms with van der Waals surface area (Å²) >= 11 is 0. The molecule has 0 saturated carbocycles. The molecule has 0 radical (unpaired) electrons. The maximum atomic E-state index is 13.4. The Morgan fingerprint density at radius 2 is 1.57 bits per heavy atom. The Balaban J connectivity index is 0.763. The molecule has 2 aromatic heterocycles. The van der Waals surface area contributed by atoms with Crippen LogP contribution >= 0.6 is 0 Å². The van der Waals surface area contributed by atoms with Gasteiger partial charge in [-0.15, -0.1) is 6.58 Å². The van der Waals surface area contributed by atoms with E-state index >= 15 is 0 Å². The highest BCUT2D eigenvalue weighted by Crippen LogP contribution is 2.36. The van der Waals surface area contributed by atoms with Gasteiger partial charge in [-0.1, -0.05) is 19.1 Å². The van der Waals surface area contributed by atoms with Crippen molar-refractivity contribution in [1.29, 1.82) is 0 Å². The second kappa shape index (κ2) is 18.0. The van der Waals surface area contributed by atoms with Gasteiger partial charge in [0.1, 0.15) is 23.2 Å². The minimum Gasteiger partial charge on any atom is -0.372 e. The van der Waals surface area contributed by atoms with Crippen LogP contribution in [0.15, 0.2) is 73.4 Å². The predicted molar refractivity (Wildman–Crippen MR) is 240 cm³/mol. The third kappa shape index (κ3) is 8.72. The summed E-state index contributed by atoms with van der Waals surface area (Å²) in [6, 6.07) is 16.7. The lowest BCUT2D eigenvalue weighted by molar-refractivity contribution is -0.136. The number of piperidine rings is 2. The first-order chi connectivity index (χ1) is 30.6. The number of fused-ring (bicyclic) bond motifs is 2. The molecular formula is C47H53N11O5. The number of aromatic nitrogens is 3. The number of hydrogen-bond donors (Lipinski definition) is 4. The van der Waals surface area contributed by atoms with E-state index in [0.29, 0.717) is 52.7 Å². The number of amides is 5. The third-order valence-electron chi connectivity index (χ3n) is 13.1. The van der Waals surface area contributed by atoms with Crippen molar-refractivity contribution in [2.24, 2.45) is 5.92 Å². The van der Waals surface area contributed by atoms with Crippen LogP contribution in [-0.4, -0.2) is 113 Å². The van der Waals surface area contributed by atoms with Crippen LogP contribution in [0.5, 0.6) is 0 Å². The lowest BCUT2D eigenvalue weighted by Crippen LogP contribution is -2.54. The summed E-state index contributed by atoms with van der Waals surface area (Å²) in [4.78, 5) is 86.1. The highest BCUT2D eigenvalue weighted by Gasteiger charge is 2.45. The maximum Gasteiger partial charge on any atom is 0.262 e. The molecule has 6 heterocycles. The SMILES string of the molecule is C=CCNC(=O)c1cnc(Nc2ccc(N3CCC(CN4CCN(c5ccc6c(c5)C(=O)N(C5CCC(=O)NC5=O)C6=O)CC4)CC3)cc2)nc1Nc1ccc2c(n1)C(CC)CC2. The van der Waals surface area contributed by atoms with Crippen molar-refractivity contribution in [2.75, 3.05) is 72.8 Å². The van der Waals surface area contributed by atoms with Gasteiger partial charge in [-0.25, -0.2) is 9.97 Å². The summed E-state index contributed by atoms with van der Waals surface area (Å²) < 4.78 is 0. The molecule has 326 valence electrons. The number of imide groups is 2. The van der Waals surface area contributed by atoms with Gasteiger partial charge in [-0.05, 0) is 98.5 Å². The first-order valence-corrected chi connectivity index (χ1v) is 22.1. The van der Waals surface area contributed by atoms with Crippen LogP contribution in [0.2, 0.25) is 0 Å². The van der Waals surface area contributed by atoms with E-state index in [2.05, 4.69) is 72.7 Å². The molecule has 4 N–H and O–H groups in total. The number of anilines is 6. The van der Waals surface area contributed by atoms with Gasteiger partial charge in [0, 0.05) is 93.6 Å². The number of hydrogen-bond acceptors (Lipinski definition) is 13. The van der Waals surface area contributed by atoms with E-state index in [-0.39, 0.29) is 18.7 Å². The van der Waals surface area contributed by atoms with Gasteiger partial charge >= 0.3 is 0 Å². The van der Waals surface area contributed by atoms with E-state index in [1.165, 1.54) is 11.8 Å². The number of carbonyl (C=O) groups is 5. The van der Waals surface area contributed by atoms with Crippen molar-refractivity contribution in [1.82, 2.24) is 35.4 Å². The fourth-order valence-electron chi connectivity index (χ4n) is 9.55. The molecule has 1 aliphatic carbocycles. The number of piperazine rings is 1. The molecule has 2 atom stereocenters. The Kier molecular flexibility index (Phi) is 11.9. The molecule has 4 aromatic rings. The van der Waals surface area contributed by atoms with Crippen molar-refractivity contribution in [2.45, 2.75) is 63.8 Å². The predicted octanol–water partition coefficient (Wildman–Crippen LogP) is 5.15. The zero-order valence-corrected chi connectivity index (χ0v) is 35.6. The molecule has 63 heavy (non-hydrogen) atoms. The molecule has 2 aromatic carbocycles. The van der Waals surface area contributed by atoms with Crippen molar-refractivity contribution in [3.05, 3.63) is 101 Å². The number of rotatable bonds is 13. The van der Waals surface area contributed by atoms with Crippen LogP contribution in [0.25, 0.3) is 0 Å². The van der Waals surface area contributed by atoms with Gasteiger partial charge in [-0.3, -0.25) is 39.1 Å². The van der Waals surface area contributed by atoms with E-state index in [1.807, 2.05) is 24.3 Å². The normalized spacial score (nSPS) is 20.4. The summed E-state index contributed by atoms with van der Waals surface area (Å²) in [6.45, 7) is 12.6. The van der Waals surface area contributed by atoms with Gasteiger partial charge < -0.3 is 25.8 Å². The molecule has 16 heteroatoms. The zero-order valence-electron chi connectivity index (χ0n) is 35.6. The first kappa shape index (κ1) is 41.7. The van der Waals surface area contributed by atoms with Crippen molar-refractivity contribution in [3.8, 4) is 0 Å². The Morgan fingerprint density at radius 1 is 0.825 bits per heavy atom. The summed E-state index contributed by atoms with van der Waals surface area (Å²) in [5.41, 5.74) is 6.19. The number of nitrogens with one attached hydrogen (secondary N) is 4. The zero-order chi connectivity index (χ0) is 43.6. The molecule has 5 amide bonds. The van der Waals surface area contributed by atoms with E-state index in [1.54, 1.807) is 18.2 Å². The lowest BCUT2D eigenvalue weighted by atomic mass is 9.95. The van der Waals surface area contributed by atoms with Crippen LogP contribution in [0.1, 0.15) is 93.7 Å². The highest BCUT2D eigenvalue weighted by atomic mass is 16.2. The molecule has 2 unspecified atom stereocenters. The lowest BCUT2D eigenvalue weighted by Gasteiger charge is -2.40. The topological polar surface area (TPSA) is 185 Å². The molecule has 3 saturated heterocycles. The second-order valence-electron chi connectivity index (χ2n) is 17.0. The average Bonchev–Trinajstić information content (AvgIpc) is 3.82. The summed E-state index contributed by atoms with van der Waals surface area (Å²) in [5, 5.41) is 11.7. The van der Waals surface area contributed by atoms with Crippen molar-refractivity contribution >= 4 is 64.2 Å². The highest BCUT2D eigenvalue weighted by molar-refractivity contribution is 6.23. The van der Waals surface area contributed by atoms with Gasteiger partial charge in [0.05, 0.1) is 11.1 Å². The fraction of sp³-hybridized carbons (Fsp3) is 0.404. The Morgan fingerprint density at radius 3 is 2.32 bits per heavy atom. The summed E-state index contributed by atoms with van der Waals surface area (Å²) in [6.07, 6.45) is 8.75. The van der Waals surface area contributed by atoms with Gasteiger partial charge in [0.15, 0.2) is 0 Å². The smallest absolute Gasteiger partial charge is 0.262 e. The van der Waals surface area contributed by atoms with Gasteiger partial charge in [-0.2, -0.15) is 4.98 Å². The van der Waals surface area contributed by atoms with Crippen molar-refractivity contribution < 1.29 is 24.0 Å². The van der Waals surface area contributed by atoms with Gasteiger partial charge in [0.2, 0.25) is 17.8 Å². The van der Waals surface area contributed by atoms with E-state index in [0.717, 1.165) is 106 Å². The van der Waals surface area contributed by atoms with E-state index in [9.17, 15) is 24.0 Å². The van der Waals surface area contributed by atoms with Crippen LogP contribution in [-0.2, 0) is 16.0 Å². The number of carbonyl (C=O) groups excluding carboxylic acids is 5. The van der Waals surface area contributed by atoms with Crippen LogP contribution in [0.3, 0.4) is 0 Å². The second-order valence-corrected chi connectivity index (χ2v) is 17.0. The fourth-order valence-corrected chi connectivity index (χ4v) is 9.55. The molecule has 16 nitrogen and oxygen atoms in total. The number of nitrogens with zero attached hydrogens (tertiary/aromatic N) is 7. The third-order valence-corrected chi connectivity index (χ3v) is 13.1. The molecular weight excluding hydrogens is 799 g/mol. The monoisotopic (exact) mass is 851 g/mol. The molecule has 0 bridgehead atoms. The van der Waals surface area contributed by atoms with E-state index in [4.69, 9.17) is 9.97 Å². The molecule has 5 aliphatic rings. The molecule has 0 spiro atoms. The Bertz CT molecular complexity index is 2440. The van der Waals surface area contributed by atoms with Crippen LogP contribution in [0.4, 0.5) is 34.6 Å². The standard InChI is InChI=1S/C47H53N11O5/c1-3-19-48-43(60)37-27-49-47(54-42(37)52-39-15-7-31-6-5-30(4-2)41(31)51-39)50-32-8-10-33(11-9-32)56-20-17-29(18-21-56)28-55-22-24-57(25-23-55)34-12-13-35-36(26-34)46(63)58(45(35)62)38-14-16-40(59)53-44(38)61/h3,7-13,15,26-27,29-30,38H,1,4-6,14,16-25,28H2,2H3,(H,48,60)(H,53,59,61)(H2,49,50,51,52,54). The summed E-state index contributed by atoms with van der Waals surface area (Å²) in [5.74, 6) is 0.124. The molecule has 3 fully saturated rings. The Labute approximate surface area is 366 Å². The minimum absolute atomic E-state index is 0.0922. The number of benzene rings is 2. The molecule has 4 aliphatic heterocycles. The average molecular weight is 852 g/mol. The summed E-state index contributed by atoms with van der Waals surface area (Å²) in [7, 11) is 0. The first-order valence-electron chi connectivity index (χ1n) is 22.1. The van der Waals surface area contributed by atoms with E-state index < -0.39 is 29.7 Å². The Hall–Kier alpha value is -6.68. The number of pyridine rings is 1. The van der Waals surface area contributed by atoms with Crippen LogP contribution in [0, 0.1) is 5.92 Å². The van der Waals surface area contributed by atoms with Gasteiger partial charge in [0.25, 0.3) is 17.7 Å².